The van der Waals surface area contributed by atoms with Gasteiger partial charge in [0.1, 0.15) is 17.4 Å². The van der Waals surface area contributed by atoms with Crippen LogP contribution < -0.4 is 20.7 Å². The molecular weight excluding hydrogens is 408 g/mol. The van der Waals surface area contributed by atoms with Crippen molar-refractivity contribution < 1.29 is 18.3 Å². The van der Waals surface area contributed by atoms with E-state index in [1.165, 1.54) is 18.2 Å². The van der Waals surface area contributed by atoms with Crippen molar-refractivity contribution in [3.05, 3.63) is 53.6 Å². The van der Waals surface area contributed by atoms with Crippen molar-refractivity contribution in [1.29, 1.82) is 0 Å². The molecule has 0 aliphatic rings. The Balaban J connectivity index is 1.51. The van der Waals surface area contributed by atoms with Crippen molar-refractivity contribution in [3.63, 3.8) is 0 Å². The van der Waals surface area contributed by atoms with E-state index in [1.54, 1.807) is 23.7 Å². The number of ether oxygens (including phenoxy) is 1. The van der Waals surface area contributed by atoms with Gasteiger partial charge in [-0.3, -0.25) is 0 Å². The van der Waals surface area contributed by atoms with E-state index in [9.17, 15) is 13.6 Å². The van der Waals surface area contributed by atoms with E-state index in [2.05, 4.69) is 35.8 Å². The number of urea groups is 1. The van der Waals surface area contributed by atoms with Gasteiger partial charge >= 0.3 is 12.6 Å². The van der Waals surface area contributed by atoms with Crippen LogP contribution in [0, 0.1) is 20.8 Å². The summed E-state index contributed by atoms with van der Waals surface area (Å²) >= 11 is 0. The molecule has 2 amide bonds. The Bertz CT molecular complexity index is 1060. The van der Waals surface area contributed by atoms with Gasteiger partial charge in [-0.2, -0.15) is 13.9 Å². The first-order valence-electron chi connectivity index (χ1n) is 9.53. The van der Waals surface area contributed by atoms with Crippen LogP contribution in [0.4, 0.5) is 25.1 Å². The number of rotatable bonds is 8. The third-order valence-corrected chi connectivity index (χ3v) is 4.08. The molecular formula is C20H23F2N7O2. The molecule has 0 atom stereocenters. The molecule has 3 N–H and O–H groups in total. The summed E-state index contributed by atoms with van der Waals surface area (Å²) in [5.41, 5.74) is 2.19. The van der Waals surface area contributed by atoms with E-state index in [0.29, 0.717) is 36.2 Å². The lowest BCUT2D eigenvalue weighted by molar-refractivity contribution is -0.0498. The highest BCUT2D eigenvalue weighted by molar-refractivity contribution is 5.89. The molecule has 31 heavy (non-hydrogen) atoms. The predicted octanol–water partition coefficient (Wildman–Crippen LogP) is 3.42. The summed E-state index contributed by atoms with van der Waals surface area (Å²) < 4.78 is 30.6. The summed E-state index contributed by atoms with van der Waals surface area (Å²) in [7, 11) is 0. The predicted molar refractivity (Wildman–Crippen MR) is 112 cm³/mol. The van der Waals surface area contributed by atoms with Crippen molar-refractivity contribution in [3.8, 4) is 11.6 Å². The molecule has 2 heterocycles. The summed E-state index contributed by atoms with van der Waals surface area (Å²) in [5.74, 6) is 1.81. The van der Waals surface area contributed by atoms with Crippen LogP contribution in [-0.4, -0.2) is 45.5 Å². The number of anilines is 2. The van der Waals surface area contributed by atoms with Crippen molar-refractivity contribution in [2.24, 2.45) is 0 Å². The first-order valence-corrected chi connectivity index (χ1v) is 9.53. The minimum atomic E-state index is -2.93. The molecule has 2 aromatic heterocycles. The molecule has 0 saturated heterocycles. The van der Waals surface area contributed by atoms with Gasteiger partial charge in [0, 0.05) is 36.6 Å². The second-order valence-electron chi connectivity index (χ2n) is 6.71. The number of amides is 2. The zero-order valence-corrected chi connectivity index (χ0v) is 17.3. The first-order chi connectivity index (χ1) is 14.8. The number of nitrogens with zero attached hydrogens (tertiary/aromatic N) is 4. The molecule has 164 valence electrons. The number of carbonyl (C=O) groups is 1. The van der Waals surface area contributed by atoms with Crippen LogP contribution in [0.5, 0.6) is 5.75 Å². The quantitative estimate of drug-likeness (QED) is 0.472. The van der Waals surface area contributed by atoms with E-state index in [1.807, 2.05) is 19.9 Å². The molecule has 0 unspecified atom stereocenters. The highest BCUT2D eigenvalue weighted by Gasteiger charge is 2.09. The standard InChI is InChI=1S/C20H23F2N7O2/c1-12-9-13(2)29(28-12)18-11-17(25-14(3)26-18)23-7-8-24-20(30)27-15-5-4-6-16(10-15)31-19(21)22/h4-6,9-11,19H,7-8H2,1-3H3,(H,23,25,26)(H2,24,27,30). The fourth-order valence-corrected chi connectivity index (χ4v) is 2.90. The summed E-state index contributed by atoms with van der Waals surface area (Å²) in [5, 5.41) is 12.8. The number of hydrogen-bond acceptors (Lipinski definition) is 6. The number of hydrogen-bond donors (Lipinski definition) is 3. The lowest BCUT2D eigenvalue weighted by Gasteiger charge is -2.11. The highest BCUT2D eigenvalue weighted by Crippen LogP contribution is 2.19. The molecule has 3 aromatic rings. The maximum Gasteiger partial charge on any atom is 0.387 e. The molecule has 0 aliphatic heterocycles. The van der Waals surface area contributed by atoms with Gasteiger partial charge in [0.05, 0.1) is 5.69 Å². The second kappa shape index (κ2) is 9.83. The molecule has 1 aromatic carbocycles. The van der Waals surface area contributed by atoms with Gasteiger partial charge in [-0.25, -0.2) is 19.4 Å². The number of aromatic nitrogens is 4. The zero-order valence-electron chi connectivity index (χ0n) is 17.3. The van der Waals surface area contributed by atoms with Crippen LogP contribution in [0.15, 0.2) is 36.4 Å². The Hall–Kier alpha value is -3.76. The average molecular weight is 431 g/mol. The zero-order chi connectivity index (χ0) is 22.4. The Labute approximate surface area is 177 Å². The van der Waals surface area contributed by atoms with Crippen LogP contribution in [-0.2, 0) is 0 Å². The molecule has 0 aliphatic carbocycles. The van der Waals surface area contributed by atoms with Gasteiger partial charge in [-0.05, 0) is 39.0 Å². The number of halogens is 2. The number of nitrogens with one attached hydrogen (secondary N) is 3. The molecule has 0 radical (unpaired) electrons. The molecule has 0 fully saturated rings. The third-order valence-electron chi connectivity index (χ3n) is 4.08. The molecule has 11 heteroatoms. The molecule has 0 spiro atoms. The molecule has 0 bridgehead atoms. The van der Waals surface area contributed by atoms with Gasteiger partial charge in [0.15, 0.2) is 5.82 Å². The van der Waals surface area contributed by atoms with Crippen molar-refractivity contribution in [2.45, 2.75) is 27.4 Å². The SMILES string of the molecule is Cc1cc(C)n(-c2cc(NCCNC(=O)Nc3cccc(OC(F)F)c3)nc(C)n2)n1. The highest BCUT2D eigenvalue weighted by atomic mass is 19.3. The van der Waals surface area contributed by atoms with E-state index in [4.69, 9.17) is 0 Å². The fourth-order valence-electron chi connectivity index (χ4n) is 2.90. The topological polar surface area (TPSA) is 106 Å². The van der Waals surface area contributed by atoms with E-state index in [-0.39, 0.29) is 5.75 Å². The monoisotopic (exact) mass is 431 g/mol. The van der Waals surface area contributed by atoms with Crippen molar-refractivity contribution >= 4 is 17.5 Å². The smallest absolute Gasteiger partial charge is 0.387 e. The fraction of sp³-hybridized carbons (Fsp3) is 0.300. The summed E-state index contributed by atoms with van der Waals surface area (Å²) in [6, 6.07) is 9.03. The largest absolute Gasteiger partial charge is 0.435 e. The number of carbonyl (C=O) groups excluding carboxylic acids is 1. The van der Waals surface area contributed by atoms with Gasteiger partial charge < -0.3 is 20.7 Å². The Morgan fingerprint density at radius 1 is 1.13 bits per heavy atom. The van der Waals surface area contributed by atoms with E-state index >= 15 is 0 Å². The number of aryl methyl sites for hydroxylation is 3. The summed E-state index contributed by atoms with van der Waals surface area (Å²) in [6.07, 6.45) is 0. The minimum Gasteiger partial charge on any atom is -0.435 e. The van der Waals surface area contributed by atoms with Gasteiger partial charge in [-0.15, -0.1) is 0 Å². The number of alkyl halides is 2. The lowest BCUT2D eigenvalue weighted by atomic mass is 10.3. The second-order valence-corrected chi connectivity index (χ2v) is 6.71. The van der Waals surface area contributed by atoms with Gasteiger partial charge in [-0.1, -0.05) is 6.07 Å². The maximum absolute atomic E-state index is 12.3. The Kier molecular flexibility index (Phi) is 6.96. The first kappa shape index (κ1) is 21.9. The Morgan fingerprint density at radius 3 is 2.65 bits per heavy atom. The van der Waals surface area contributed by atoms with Crippen LogP contribution in [0.1, 0.15) is 17.2 Å². The maximum atomic E-state index is 12.3. The lowest BCUT2D eigenvalue weighted by Crippen LogP contribution is -2.32. The minimum absolute atomic E-state index is 0.0352. The molecule has 3 rings (SSSR count). The van der Waals surface area contributed by atoms with Crippen molar-refractivity contribution in [2.75, 3.05) is 23.7 Å². The van der Waals surface area contributed by atoms with E-state index in [0.717, 1.165) is 11.4 Å². The Morgan fingerprint density at radius 2 is 1.94 bits per heavy atom. The normalized spacial score (nSPS) is 10.8. The van der Waals surface area contributed by atoms with Crippen molar-refractivity contribution in [1.82, 2.24) is 25.1 Å². The third kappa shape index (κ3) is 6.36. The van der Waals surface area contributed by atoms with Crippen LogP contribution >= 0.6 is 0 Å². The van der Waals surface area contributed by atoms with Crippen LogP contribution in [0.25, 0.3) is 5.82 Å². The van der Waals surface area contributed by atoms with E-state index < -0.39 is 12.6 Å². The summed E-state index contributed by atoms with van der Waals surface area (Å²) in [6.45, 7) is 3.43. The average Bonchev–Trinajstić information content (AvgIpc) is 3.03. The van der Waals surface area contributed by atoms with Crippen LogP contribution in [0.2, 0.25) is 0 Å². The van der Waals surface area contributed by atoms with Gasteiger partial charge in [0.25, 0.3) is 0 Å². The molecule has 9 nitrogen and oxygen atoms in total. The number of benzene rings is 1. The summed E-state index contributed by atoms with van der Waals surface area (Å²) in [4.78, 5) is 20.8. The molecule has 0 saturated carbocycles. The van der Waals surface area contributed by atoms with Crippen LogP contribution in [0.3, 0.4) is 0 Å². The van der Waals surface area contributed by atoms with Gasteiger partial charge in [0.2, 0.25) is 0 Å².